The zero-order chi connectivity index (χ0) is 12.1. The number of aromatic nitrogens is 1. The number of ether oxygens (including phenoxy) is 1. The fourth-order valence-corrected chi connectivity index (χ4v) is 2.59. The predicted molar refractivity (Wildman–Crippen MR) is 70.2 cm³/mol. The maximum atomic E-state index is 5.60. The van der Waals surface area contributed by atoms with Crippen LogP contribution in [0.5, 0.6) is 0 Å². The van der Waals surface area contributed by atoms with Crippen LogP contribution < -0.4 is 5.32 Å². The molecule has 0 spiro atoms. The largest absolute Gasteiger partial charge is 0.377 e. The lowest BCUT2D eigenvalue weighted by Crippen LogP contribution is -2.26. The van der Waals surface area contributed by atoms with Gasteiger partial charge in [0.2, 0.25) is 0 Å². The predicted octanol–water partition coefficient (Wildman–Crippen LogP) is 2.34. The van der Waals surface area contributed by atoms with Crippen LogP contribution >= 0.6 is 0 Å². The Kier molecular flexibility index (Phi) is 4.63. The quantitative estimate of drug-likeness (QED) is 0.820. The average Bonchev–Trinajstić information content (AvgIpc) is 2.97. The molecule has 1 aromatic rings. The molecule has 2 heterocycles. The first-order valence-electron chi connectivity index (χ1n) is 6.84. The third kappa shape index (κ3) is 3.11. The van der Waals surface area contributed by atoms with Gasteiger partial charge in [-0.1, -0.05) is 6.92 Å². The summed E-state index contributed by atoms with van der Waals surface area (Å²) >= 11 is 0. The van der Waals surface area contributed by atoms with Crippen molar-refractivity contribution in [1.29, 1.82) is 0 Å². The lowest BCUT2D eigenvalue weighted by Gasteiger charge is -2.13. The van der Waals surface area contributed by atoms with Crippen molar-refractivity contribution in [3.63, 3.8) is 0 Å². The molecule has 2 rings (SSSR count). The van der Waals surface area contributed by atoms with Gasteiger partial charge in [0.05, 0.1) is 6.10 Å². The van der Waals surface area contributed by atoms with E-state index in [2.05, 4.69) is 35.9 Å². The topological polar surface area (TPSA) is 26.2 Å². The summed E-state index contributed by atoms with van der Waals surface area (Å²) in [4.78, 5) is 0. The van der Waals surface area contributed by atoms with Crippen LogP contribution in [-0.2, 0) is 24.2 Å². The van der Waals surface area contributed by atoms with E-state index in [1.54, 1.807) is 0 Å². The summed E-state index contributed by atoms with van der Waals surface area (Å²) in [5.74, 6) is 0. The minimum absolute atomic E-state index is 0.436. The van der Waals surface area contributed by atoms with E-state index in [9.17, 15) is 0 Å². The monoisotopic (exact) mass is 236 g/mol. The smallest absolute Gasteiger partial charge is 0.0700 e. The van der Waals surface area contributed by atoms with Crippen LogP contribution in [0.15, 0.2) is 12.1 Å². The number of rotatable bonds is 6. The number of nitrogens with one attached hydrogen (secondary N) is 1. The van der Waals surface area contributed by atoms with Gasteiger partial charge in [0, 0.05) is 37.6 Å². The lowest BCUT2D eigenvalue weighted by atomic mass is 10.2. The Balaban J connectivity index is 1.83. The van der Waals surface area contributed by atoms with Crippen molar-refractivity contribution < 1.29 is 4.74 Å². The Morgan fingerprint density at radius 2 is 2.18 bits per heavy atom. The van der Waals surface area contributed by atoms with Crippen LogP contribution in [-0.4, -0.2) is 23.8 Å². The van der Waals surface area contributed by atoms with E-state index in [4.69, 9.17) is 4.74 Å². The second-order valence-electron chi connectivity index (χ2n) is 4.68. The van der Waals surface area contributed by atoms with Crippen LogP contribution in [0.3, 0.4) is 0 Å². The molecule has 0 unspecified atom stereocenters. The van der Waals surface area contributed by atoms with Gasteiger partial charge in [-0.2, -0.15) is 0 Å². The molecule has 1 aromatic heterocycles. The summed E-state index contributed by atoms with van der Waals surface area (Å²) in [6.07, 6.45) is 3.98. The molecule has 0 amide bonds. The molecule has 0 aliphatic carbocycles. The van der Waals surface area contributed by atoms with Crippen LogP contribution in [0, 0.1) is 0 Å². The van der Waals surface area contributed by atoms with Gasteiger partial charge < -0.3 is 14.6 Å². The van der Waals surface area contributed by atoms with Crippen molar-refractivity contribution in [3.05, 3.63) is 23.5 Å². The minimum Gasteiger partial charge on any atom is -0.377 e. The summed E-state index contributed by atoms with van der Waals surface area (Å²) in [5, 5.41) is 3.51. The molecule has 17 heavy (non-hydrogen) atoms. The lowest BCUT2D eigenvalue weighted by molar-refractivity contribution is 0.110. The third-order valence-corrected chi connectivity index (χ3v) is 3.54. The minimum atomic E-state index is 0.436. The molecular weight excluding hydrogens is 212 g/mol. The highest BCUT2D eigenvalue weighted by molar-refractivity contribution is 5.16. The summed E-state index contributed by atoms with van der Waals surface area (Å²) in [6, 6.07) is 4.48. The molecular formula is C14H24N2O. The van der Waals surface area contributed by atoms with Gasteiger partial charge in [-0.15, -0.1) is 0 Å². The fourth-order valence-electron chi connectivity index (χ4n) is 2.59. The number of hydrogen-bond donors (Lipinski definition) is 1. The van der Waals surface area contributed by atoms with Crippen molar-refractivity contribution in [3.8, 4) is 0 Å². The highest BCUT2D eigenvalue weighted by atomic mass is 16.5. The Hall–Kier alpha value is -0.800. The molecule has 1 N–H and O–H groups in total. The fraction of sp³-hybridized carbons (Fsp3) is 0.714. The maximum Gasteiger partial charge on any atom is 0.0700 e. The second kappa shape index (κ2) is 6.22. The van der Waals surface area contributed by atoms with E-state index >= 15 is 0 Å². The van der Waals surface area contributed by atoms with E-state index in [-0.39, 0.29) is 0 Å². The van der Waals surface area contributed by atoms with Gasteiger partial charge in [0.1, 0.15) is 0 Å². The first-order chi connectivity index (χ1) is 8.35. The zero-order valence-electron chi connectivity index (χ0n) is 11.0. The van der Waals surface area contributed by atoms with E-state index in [0.717, 1.165) is 32.7 Å². The van der Waals surface area contributed by atoms with Crippen molar-refractivity contribution >= 4 is 0 Å². The Bertz CT molecular complexity index is 340. The van der Waals surface area contributed by atoms with Crippen LogP contribution in [0.25, 0.3) is 0 Å². The molecule has 0 radical (unpaired) electrons. The standard InChI is InChI=1S/C14H24N2O/c1-3-12-7-8-13(16(12)4-2)10-15-11-14-6-5-9-17-14/h7-8,14-15H,3-6,9-11H2,1-2H3/t14-/m1/s1. The Morgan fingerprint density at radius 1 is 1.35 bits per heavy atom. The molecule has 1 aliphatic heterocycles. The SMILES string of the molecule is CCc1ccc(CNC[C@H]2CCCO2)n1CC. The summed E-state index contributed by atoms with van der Waals surface area (Å²) in [7, 11) is 0. The molecule has 1 aliphatic rings. The summed E-state index contributed by atoms with van der Waals surface area (Å²) < 4.78 is 8.01. The van der Waals surface area contributed by atoms with Crippen molar-refractivity contribution in [2.75, 3.05) is 13.2 Å². The first-order valence-corrected chi connectivity index (χ1v) is 6.84. The Labute approximate surface area is 104 Å². The third-order valence-electron chi connectivity index (χ3n) is 3.54. The van der Waals surface area contributed by atoms with Gasteiger partial charge in [-0.3, -0.25) is 0 Å². The first kappa shape index (κ1) is 12.7. The van der Waals surface area contributed by atoms with Crippen LogP contribution in [0.2, 0.25) is 0 Å². The average molecular weight is 236 g/mol. The van der Waals surface area contributed by atoms with E-state index < -0.39 is 0 Å². The number of nitrogens with zero attached hydrogens (tertiary/aromatic N) is 1. The van der Waals surface area contributed by atoms with E-state index in [0.29, 0.717) is 6.10 Å². The van der Waals surface area contributed by atoms with Gasteiger partial charge in [-0.25, -0.2) is 0 Å². The van der Waals surface area contributed by atoms with Crippen molar-refractivity contribution in [2.45, 2.75) is 52.3 Å². The van der Waals surface area contributed by atoms with Gasteiger partial charge in [0.25, 0.3) is 0 Å². The highest BCUT2D eigenvalue weighted by Gasteiger charge is 2.14. The van der Waals surface area contributed by atoms with Crippen molar-refractivity contribution in [1.82, 2.24) is 9.88 Å². The normalized spacial score (nSPS) is 20.0. The van der Waals surface area contributed by atoms with Gasteiger partial charge in [0.15, 0.2) is 0 Å². The highest BCUT2D eigenvalue weighted by Crippen LogP contribution is 2.12. The second-order valence-corrected chi connectivity index (χ2v) is 4.68. The zero-order valence-corrected chi connectivity index (χ0v) is 11.0. The summed E-state index contributed by atoms with van der Waals surface area (Å²) in [5.41, 5.74) is 2.82. The Morgan fingerprint density at radius 3 is 2.82 bits per heavy atom. The van der Waals surface area contributed by atoms with E-state index in [1.165, 1.54) is 24.2 Å². The van der Waals surface area contributed by atoms with Crippen LogP contribution in [0.4, 0.5) is 0 Å². The van der Waals surface area contributed by atoms with E-state index in [1.807, 2.05) is 0 Å². The molecule has 1 saturated heterocycles. The van der Waals surface area contributed by atoms with Gasteiger partial charge in [-0.05, 0) is 38.3 Å². The molecule has 96 valence electrons. The van der Waals surface area contributed by atoms with Crippen molar-refractivity contribution in [2.24, 2.45) is 0 Å². The molecule has 1 fully saturated rings. The molecule has 3 nitrogen and oxygen atoms in total. The molecule has 3 heteroatoms. The summed E-state index contributed by atoms with van der Waals surface area (Å²) in [6.45, 7) is 8.36. The molecule has 0 saturated carbocycles. The number of hydrogen-bond acceptors (Lipinski definition) is 2. The molecule has 0 aromatic carbocycles. The number of aryl methyl sites for hydroxylation is 1. The van der Waals surface area contributed by atoms with Gasteiger partial charge >= 0.3 is 0 Å². The molecule has 0 bridgehead atoms. The van der Waals surface area contributed by atoms with Crippen LogP contribution in [0.1, 0.15) is 38.1 Å². The maximum absolute atomic E-state index is 5.60. The molecule has 1 atom stereocenters.